The van der Waals surface area contributed by atoms with Crippen molar-refractivity contribution < 1.29 is 19.1 Å². The minimum Gasteiger partial charge on any atom is -0.486 e. The van der Waals surface area contributed by atoms with Gasteiger partial charge in [0.05, 0.1) is 10.7 Å². The van der Waals surface area contributed by atoms with Gasteiger partial charge >= 0.3 is 0 Å². The molecule has 8 heteroatoms. The molecule has 148 valence electrons. The van der Waals surface area contributed by atoms with Gasteiger partial charge in [0, 0.05) is 17.1 Å². The standard InChI is InChI=1S/C20H20Cl2N2O4/c1-2-7-24(12-19(25)23-16-5-4-14(21)11-15(16)22)20(26)13-3-6-17-18(10-13)28-9-8-27-17/h3-6,10-11H,2,7-9,12H2,1H3,(H,23,25). The zero-order valence-electron chi connectivity index (χ0n) is 15.3. The smallest absolute Gasteiger partial charge is 0.254 e. The highest BCUT2D eigenvalue weighted by molar-refractivity contribution is 6.36. The molecule has 0 spiro atoms. The van der Waals surface area contributed by atoms with Crippen LogP contribution in [-0.2, 0) is 4.79 Å². The first-order valence-corrected chi connectivity index (χ1v) is 9.67. The van der Waals surface area contributed by atoms with Crippen molar-refractivity contribution in [3.05, 3.63) is 52.0 Å². The van der Waals surface area contributed by atoms with Gasteiger partial charge in [-0.15, -0.1) is 0 Å². The number of hydrogen-bond acceptors (Lipinski definition) is 4. The second-order valence-electron chi connectivity index (χ2n) is 6.26. The number of nitrogens with one attached hydrogen (secondary N) is 1. The van der Waals surface area contributed by atoms with Crippen LogP contribution in [0.5, 0.6) is 11.5 Å². The first-order valence-electron chi connectivity index (χ1n) is 8.91. The molecular weight excluding hydrogens is 403 g/mol. The molecule has 1 aliphatic heterocycles. The van der Waals surface area contributed by atoms with Gasteiger partial charge in [-0.1, -0.05) is 30.1 Å². The highest BCUT2D eigenvalue weighted by atomic mass is 35.5. The Morgan fingerprint density at radius 2 is 1.82 bits per heavy atom. The van der Waals surface area contributed by atoms with E-state index in [4.69, 9.17) is 32.7 Å². The molecule has 3 rings (SSSR count). The molecule has 0 saturated heterocycles. The summed E-state index contributed by atoms with van der Waals surface area (Å²) in [5.74, 6) is 0.547. The molecule has 28 heavy (non-hydrogen) atoms. The van der Waals surface area contributed by atoms with E-state index in [1.165, 1.54) is 4.90 Å². The van der Waals surface area contributed by atoms with E-state index in [0.717, 1.165) is 0 Å². The van der Waals surface area contributed by atoms with E-state index < -0.39 is 0 Å². The summed E-state index contributed by atoms with van der Waals surface area (Å²) in [5.41, 5.74) is 0.884. The number of rotatable bonds is 6. The summed E-state index contributed by atoms with van der Waals surface area (Å²) in [7, 11) is 0. The monoisotopic (exact) mass is 422 g/mol. The topological polar surface area (TPSA) is 67.9 Å². The van der Waals surface area contributed by atoms with Crippen LogP contribution in [0.4, 0.5) is 5.69 Å². The van der Waals surface area contributed by atoms with Crippen LogP contribution >= 0.6 is 23.2 Å². The van der Waals surface area contributed by atoms with Crippen molar-refractivity contribution in [3.8, 4) is 11.5 Å². The third-order valence-electron chi connectivity index (χ3n) is 4.11. The summed E-state index contributed by atoms with van der Waals surface area (Å²) in [6.45, 7) is 3.20. The van der Waals surface area contributed by atoms with E-state index in [-0.39, 0.29) is 18.4 Å². The van der Waals surface area contributed by atoms with Gasteiger partial charge in [-0.25, -0.2) is 0 Å². The number of fused-ring (bicyclic) bond motifs is 1. The van der Waals surface area contributed by atoms with Crippen molar-refractivity contribution in [3.63, 3.8) is 0 Å². The van der Waals surface area contributed by atoms with Crippen LogP contribution < -0.4 is 14.8 Å². The lowest BCUT2D eigenvalue weighted by molar-refractivity contribution is -0.116. The maximum Gasteiger partial charge on any atom is 0.254 e. The number of ether oxygens (including phenoxy) is 2. The first-order chi connectivity index (χ1) is 13.5. The zero-order valence-corrected chi connectivity index (χ0v) is 16.8. The summed E-state index contributed by atoms with van der Waals surface area (Å²) in [4.78, 5) is 26.9. The average Bonchev–Trinajstić information content (AvgIpc) is 2.69. The van der Waals surface area contributed by atoms with Crippen LogP contribution in [0, 0.1) is 0 Å². The number of carbonyl (C=O) groups excluding carboxylic acids is 2. The Kier molecular flexibility index (Phi) is 6.65. The maximum atomic E-state index is 12.9. The molecule has 0 saturated carbocycles. The third-order valence-corrected chi connectivity index (χ3v) is 4.66. The van der Waals surface area contributed by atoms with Gasteiger partial charge in [-0.05, 0) is 42.8 Å². The minimum absolute atomic E-state index is 0.0972. The molecule has 0 fully saturated rings. The molecular formula is C20H20Cl2N2O4. The van der Waals surface area contributed by atoms with Crippen molar-refractivity contribution in [1.82, 2.24) is 4.90 Å². The van der Waals surface area contributed by atoms with Crippen molar-refractivity contribution in [2.45, 2.75) is 13.3 Å². The Morgan fingerprint density at radius 3 is 2.54 bits per heavy atom. The lowest BCUT2D eigenvalue weighted by Gasteiger charge is -2.23. The Bertz CT molecular complexity index is 889. The first kappa shape index (κ1) is 20.3. The number of hydrogen-bond donors (Lipinski definition) is 1. The van der Waals surface area contributed by atoms with Crippen LogP contribution in [-0.4, -0.2) is 43.0 Å². The molecule has 0 atom stereocenters. The number of anilines is 1. The minimum atomic E-state index is -0.344. The molecule has 0 radical (unpaired) electrons. The van der Waals surface area contributed by atoms with E-state index in [1.54, 1.807) is 36.4 Å². The van der Waals surface area contributed by atoms with Gasteiger partial charge < -0.3 is 19.7 Å². The van der Waals surface area contributed by atoms with E-state index in [2.05, 4.69) is 5.32 Å². The fraction of sp³-hybridized carbons (Fsp3) is 0.300. The van der Waals surface area contributed by atoms with Gasteiger partial charge in [0.25, 0.3) is 5.91 Å². The van der Waals surface area contributed by atoms with Crippen LogP contribution in [0.1, 0.15) is 23.7 Å². The Labute approximate surface area is 173 Å². The summed E-state index contributed by atoms with van der Waals surface area (Å²) >= 11 is 12.0. The molecule has 0 bridgehead atoms. The molecule has 2 aromatic carbocycles. The normalized spacial score (nSPS) is 12.4. The fourth-order valence-corrected chi connectivity index (χ4v) is 3.29. The quantitative estimate of drug-likeness (QED) is 0.754. The summed E-state index contributed by atoms with van der Waals surface area (Å²) < 4.78 is 11.0. The van der Waals surface area contributed by atoms with Crippen molar-refractivity contribution in [2.75, 3.05) is 31.6 Å². The van der Waals surface area contributed by atoms with Gasteiger partial charge in [0.1, 0.15) is 19.8 Å². The SMILES string of the molecule is CCCN(CC(=O)Nc1ccc(Cl)cc1Cl)C(=O)c1ccc2c(c1)OCCO2. The molecule has 1 N–H and O–H groups in total. The number of nitrogens with zero attached hydrogens (tertiary/aromatic N) is 1. The lowest BCUT2D eigenvalue weighted by Crippen LogP contribution is -2.38. The van der Waals surface area contributed by atoms with Gasteiger partial charge in [0.2, 0.25) is 5.91 Å². The van der Waals surface area contributed by atoms with E-state index in [0.29, 0.717) is 59.0 Å². The molecule has 0 unspecified atom stereocenters. The second kappa shape index (κ2) is 9.17. The van der Waals surface area contributed by atoms with Crippen LogP contribution in [0.15, 0.2) is 36.4 Å². The van der Waals surface area contributed by atoms with Crippen molar-refractivity contribution in [1.29, 1.82) is 0 Å². The second-order valence-corrected chi connectivity index (χ2v) is 7.10. The highest BCUT2D eigenvalue weighted by Gasteiger charge is 2.21. The van der Waals surface area contributed by atoms with E-state index in [9.17, 15) is 9.59 Å². The maximum absolute atomic E-state index is 12.9. The molecule has 1 heterocycles. The number of amides is 2. The number of halogens is 2. The summed E-state index contributed by atoms with van der Waals surface area (Å²) in [6.07, 6.45) is 0.714. The molecule has 0 aromatic heterocycles. The summed E-state index contributed by atoms with van der Waals surface area (Å²) in [6, 6.07) is 9.82. The number of carbonyl (C=O) groups is 2. The predicted octanol–water partition coefficient (Wildman–Crippen LogP) is 4.26. The Hall–Kier alpha value is -2.44. The van der Waals surface area contributed by atoms with Gasteiger partial charge in [-0.2, -0.15) is 0 Å². The average molecular weight is 423 g/mol. The fourth-order valence-electron chi connectivity index (χ4n) is 2.84. The van der Waals surface area contributed by atoms with Crippen molar-refractivity contribution >= 4 is 40.7 Å². The molecule has 2 aromatic rings. The molecule has 1 aliphatic rings. The molecule has 0 aliphatic carbocycles. The van der Waals surface area contributed by atoms with Crippen LogP contribution in [0.2, 0.25) is 10.0 Å². The predicted molar refractivity (Wildman–Crippen MR) is 109 cm³/mol. The van der Waals surface area contributed by atoms with Gasteiger partial charge in [-0.3, -0.25) is 9.59 Å². The molecule has 2 amide bonds. The van der Waals surface area contributed by atoms with Gasteiger partial charge in [0.15, 0.2) is 11.5 Å². The lowest BCUT2D eigenvalue weighted by atomic mass is 10.1. The number of benzene rings is 2. The van der Waals surface area contributed by atoms with E-state index >= 15 is 0 Å². The highest BCUT2D eigenvalue weighted by Crippen LogP contribution is 2.31. The summed E-state index contributed by atoms with van der Waals surface area (Å²) in [5, 5.41) is 3.53. The Morgan fingerprint density at radius 1 is 1.07 bits per heavy atom. The Balaban J connectivity index is 1.71. The molecule has 6 nitrogen and oxygen atoms in total. The van der Waals surface area contributed by atoms with Crippen LogP contribution in [0.25, 0.3) is 0 Å². The largest absolute Gasteiger partial charge is 0.486 e. The third kappa shape index (κ3) is 4.88. The zero-order chi connectivity index (χ0) is 20.1. The van der Waals surface area contributed by atoms with Crippen LogP contribution in [0.3, 0.4) is 0 Å². The van der Waals surface area contributed by atoms with Crippen molar-refractivity contribution in [2.24, 2.45) is 0 Å². The van der Waals surface area contributed by atoms with E-state index in [1.807, 2.05) is 6.92 Å².